The number of primary amides is 1. The Hall–Kier alpha value is -0.710. The quantitative estimate of drug-likeness (QED) is 0.536. The SMILES string of the molecule is CC1=C(C(N)=O)C(Cl)N(O)C(C)=C1Cl. The molecule has 0 aromatic heterocycles. The first-order chi connectivity index (χ1) is 6.37. The van der Waals surface area contributed by atoms with E-state index in [-0.39, 0.29) is 5.57 Å². The van der Waals surface area contributed by atoms with Crippen molar-refractivity contribution >= 4 is 29.1 Å². The molecule has 3 N–H and O–H groups in total. The number of carbonyl (C=O) groups is 1. The van der Waals surface area contributed by atoms with Crippen molar-refractivity contribution in [2.24, 2.45) is 5.73 Å². The van der Waals surface area contributed by atoms with Gasteiger partial charge in [-0.15, -0.1) is 0 Å². The lowest BCUT2D eigenvalue weighted by Crippen LogP contribution is -2.37. The molecule has 1 amide bonds. The molecule has 0 spiro atoms. The number of halogens is 2. The predicted molar refractivity (Wildman–Crippen MR) is 53.7 cm³/mol. The lowest BCUT2D eigenvalue weighted by molar-refractivity contribution is -0.117. The summed E-state index contributed by atoms with van der Waals surface area (Å²) < 4.78 is 0. The highest BCUT2D eigenvalue weighted by atomic mass is 35.5. The highest BCUT2D eigenvalue weighted by Gasteiger charge is 2.31. The summed E-state index contributed by atoms with van der Waals surface area (Å²) in [4.78, 5) is 11.0. The fourth-order valence-corrected chi connectivity index (χ4v) is 1.87. The van der Waals surface area contributed by atoms with Crippen molar-refractivity contribution in [3.63, 3.8) is 0 Å². The van der Waals surface area contributed by atoms with Gasteiger partial charge in [0.1, 0.15) is 0 Å². The molecule has 0 saturated heterocycles. The van der Waals surface area contributed by atoms with Gasteiger partial charge >= 0.3 is 0 Å². The number of nitrogens with two attached hydrogens (primary N) is 1. The van der Waals surface area contributed by atoms with Crippen LogP contribution >= 0.6 is 23.2 Å². The van der Waals surface area contributed by atoms with Crippen molar-refractivity contribution in [3.05, 3.63) is 21.9 Å². The van der Waals surface area contributed by atoms with E-state index in [1.54, 1.807) is 13.8 Å². The number of hydrogen-bond donors (Lipinski definition) is 2. The molecule has 4 nitrogen and oxygen atoms in total. The third-order valence-electron chi connectivity index (χ3n) is 2.11. The van der Waals surface area contributed by atoms with E-state index in [0.29, 0.717) is 16.3 Å². The highest BCUT2D eigenvalue weighted by molar-refractivity contribution is 6.34. The van der Waals surface area contributed by atoms with Crippen molar-refractivity contribution in [1.82, 2.24) is 5.06 Å². The number of allylic oxidation sites excluding steroid dienone is 3. The summed E-state index contributed by atoms with van der Waals surface area (Å²) in [5, 5.41) is 10.5. The van der Waals surface area contributed by atoms with Gasteiger partial charge in [-0.25, -0.2) is 5.06 Å². The van der Waals surface area contributed by atoms with Crippen molar-refractivity contribution < 1.29 is 10.0 Å². The summed E-state index contributed by atoms with van der Waals surface area (Å²) in [6, 6.07) is 0. The first kappa shape index (κ1) is 11.4. The van der Waals surface area contributed by atoms with Gasteiger partial charge in [0.25, 0.3) is 0 Å². The first-order valence-electron chi connectivity index (χ1n) is 3.87. The van der Waals surface area contributed by atoms with Crippen molar-refractivity contribution in [2.75, 3.05) is 0 Å². The van der Waals surface area contributed by atoms with Gasteiger partial charge in [0, 0.05) is 0 Å². The Morgan fingerprint density at radius 2 is 2.07 bits per heavy atom. The molecule has 0 aliphatic carbocycles. The van der Waals surface area contributed by atoms with Gasteiger partial charge in [-0.05, 0) is 19.4 Å². The number of hydroxylamine groups is 2. The second-order valence-corrected chi connectivity index (χ2v) is 3.77. The van der Waals surface area contributed by atoms with Crippen molar-refractivity contribution in [3.8, 4) is 0 Å². The molecule has 0 saturated carbocycles. The molecule has 78 valence electrons. The summed E-state index contributed by atoms with van der Waals surface area (Å²) >= 11 is 11.7. The van der Waals surface area contributed by atoms with Crippen LogP contribution in [0.1, 0.15) is 13.8 Å². The largest absolute Gasteiger partial charge is 0.366 e. The lowest BCUT2D eigenvalue weighted by atomic mass is 10.0. The van der Waals surface area contributed by atoms with Crippen molar-refractivity contribution in [1.29, 1.82) is 0 Å². The minimum Gasteiger partial charge on any atom is -0.366 e. The second kappa shape index (κ2) is 3.81. The van der Waals surface area contributed by atoms with E-state index in [1.807, 2.05) is 0 Å². The van der Waals surface area contributed by atoms with Crippen LogP contribution in [0.5, 0.6) is 0 Å². The van der Waals surface area contributed by atoms with Crippen LogP contribution in [-0.2, 0) is 4.79 Å². The predicted octanol–water partition coefficient (Wildman–Crippen LogP) is 1.53. The first-order valence-corrected chi connectivity index (χ1v) is 4.68. The van der Waals surface area contributed by atoms with Gasteiger partial charge in [0.05, 0.1) is 16.3 Å². The fourth-order valence-electron chi connectivity index (χ4n) is 1.26. The van der Waals surface area contributed by atoms with Gasteiger partial charge in [0.2, 0.25) is 5.91 Å². The molecular weight excluding hydrogens is 227 g/mol. The molecule has 0 aromatic carbocycles. The molecule has 1 unspecified atom stereocenters. The second-order valence-electron chi connectivity index (χ2n) is 2.98. The maximum atomic E-state index is 11.0. The lowest BCUT2D eigenvalue weighted by Gasteiger charge is -2.30. The number of carbonyl (C=O) groups excluding carboxylic acids is 1. The number of amides is 1. The van der Waals surface area contributed by atoms with Gasteiger partial charge < -0.3 is 5.73 Å². The highest BCUT2D eigenvalue weighted by Crippen LogP contribution is 2.34. The molecule has 14 heavy (non-hydrogen) atoms. The topological polar surface area (TPSA) is 66.6 Å². The summed E-state index contributed by atoms with van der Waals surface area (Å²) in [6.07, 6.45) is 0. The number of nitrogens with zero attached hydrogens (tertiary/aromatic N) is 1. The molecule has 1 heterocycles. The number of rotatable bonds is 1. The normalized spacial score (nSPS) is 23.2. The average Bonchev–Trinajstić information content (AvgIpc) is 2.11. The smallest absolute Gasteiger partial charge is 0.248 e. The summed E-state index contributed by atoms with van der Waals surface area (Å²) in [7, 11) is 0. The Bertz CT molecular complexity index is 349. The fraction of sp³-hybridized carbons (Fsp3) is 0.375. The zero-order valence-electron chi connectivity index (χ0n) is 7.71. The number of alkyl halides is 1. The number of hydrogen-bond acceptors (Lipinski definition) is 3. The van der Waals surface area contributed by atoms with Crippen LogP contribution in [-0.4, -0.2) is 21.7 Å². The summed E-state index contributed by atoms with van der Waals surface area (Å²) in [5.74, 6) is -0.688. The molecule has 0 aromatic rings. The van der Waals surface area contributed by atoms with Crippen LogP contribution in [0.4, 0.5) is 0 Å². The molecule has 0 fully saturated rings. The van der Waals surface area contributed by atoms with E-state index < -0.39 is 11.4 Å². The zero-order chi connectivity index (χ0) is 11.0. The van der Waals surface area contributed by atoms with Crippen LogP contribution < -0.4 is 5.73 Å². The van der Waals surface area contributed by atoms with Gasteiger partial charge in [-0.1, -0.05) is 23.2 Å². The molecule has 6 heteroatoms. The van der Waals surface area contributed by atoms with E-state index >= 15 is 0 Å². The van der Waals surface area contributed by atoms with Crippen LogP contribution in [0, 0.1) is 0 Å². The molecular formula is C8H10Cl2N2O2. The van der Waals surface area contributed by atoms with Crippen LogP contribution in [0.15, 0.2) is 21.9 Å². The van der Waals surface area contributed by atoms with E-state index in [2.05, 4.69) is 0 Å². The van der Waals surface area contributed by atoms with Crippen molar-refractivity contribution in [2.45, 2.75) is 19.3 Å². The van der Waals surface area contributed by atoms with Crippen LogP contribution in [0.3, 0.4) is 0 Å². The molecule has 0 bridgehead atoms. The van der Waals surface area contributed by atoms with Gasteiger partial charge in [-0.2, -0.15) is 0 Å². The Labute approximate surface area is 91.5 Å². The zero-order valence-corrected chi connectivity index (χ0v) is 9.23. The Morgan fingerprint density at radius 3 is 2.50 bits per heavy atom. The molecule has 1 aliphatic heterocycles. The van der Waals surface area contributed by atoms with Gasteiger partial charge in [0.15, 0.2) is 5.50 Å². The third-order valence-corrected chi connectivity index (χ3v) is 3.07. The summed E-state index contributed by atoms with van der Waals surface area (Å²) in [6.45, 7) is 3.23. The summed E-state index contributed by atoms with van der Waals surface area (Å²) in [5.41, 5.74) is 5.16. The maximum Gasteiger partial charge on any atom is 0.248 e. The molecule has 1 aliphatic rings. The standard InChI is InChI=1S/C8H10Cl2N2O2/c1-3-5(8(11)13)7(10)12(14)4(2)6(3)9/h7,14H,1-2H3,(H2,11,13). The van der Waals surface area contributed by atoms with E-state index in [9.17, 15) is 10.0 Å². The molecule has 0 radical (unpaired) electrons. The van der Waals surface area contributed by atoms with E-state index in [4.69, 9.17) is 28.9 Å². The maximum absolute atomic E-state index is 11.0. The monoisotopic (exact) mass is 236 g/mol. The third kappa shape index (κ3) is 1.61. The van der Waals surface area contributed by atoms with Crippen LogP contribution in [0.25, 0.3) is 0 Å². The Kier molecular flexibility index (Phi) is 3.09. The molecule has 1 rings (SSSR count). The Morgan fingerprint density at radius 1 is 1.57 bits per heavy atom. The van der Waals surface area contributed by atoms with Crippen LogP contribution in [0.2, 0.25) is 0 Å². The molecule has 1 atom stereocenters. The van der Waals surface area contributed by atoms with E-state index in [0.717, 1.165) is 5.06 Å². The average molecular weight is 237 g/mol. The minimum absolute atomic E-state index is 0.116. The van der Waals surface area contributed by atoms with E-state index in [1.165, 1.54) is 0 Å². The minimum atomic E-state index is -0.977. The Balaban J connectivity index is 3.32. The van der Waals surface area contributed by atoms with Gasteiger partial charge in [-0.3, -0.25) is 10.0 Å².